The van der Waals surface area contributed by atoms with Crippen LogP contribution < -0.4 is 10.5 Å². The molecule has 0 fully saturated rings. The number of benzene rings is 1. The number of hydrogen-bond acceptors (Lipinski definition) is 4. The highest BCUT2D eigenvalue weighted by Crippen LogP contribution is 2.34. The summed E-state index contributed by atoms with van der Waals surface area (Å²) in [5.41, 5.74) is 6.63. The molecule has 2 N–H and O–H groups in total. The van der Waals surface area contributed by atoms with Gasteiger partial charge in [0.15, 0.2) is 5.75 Å². The molecule has 3 rings (SSSR count). The zero-order chi connectivity index (χ0) is 15.5. The summed E-state index contributed by atoms with van der Waals surface area (Å²) in [6.07, 6.45) is 5.54. The number of fused-ring (bicyclic) bond motifs is 1. The van der Waals surface area contributed by atoms with Crippen molar-refractivity contribution in [1.82, 2.24) is 4.98 Å². The molecule has 4 nitrogen and oxygen atoms in total. The number of aromatic nitrogens is 1. The van der Waals surface area contributed by atoms with Gasteiger partial charge >= 0.3 is 0 Å². The number of primary amides is 1. The second-order valence-corrected chi connectivity index (χ2v) is 6.10. The van der Waals surface area contributed by atoms with Gasteiger partial charge in [-0.1, -0.05) is 25.5 Å². The van der Waals surface area contributed by atoms with E-state index in [-0.39, 0.29) is 0 Å². The first-order chi connectivity index (χ1) is 10.7. The van der Waals surface area contributed by atoms with Crippen molar-refractivity contribution in [2.75, 3.05) is 0 Å². The van der Waals surface area contributed by atoms with Gasteiger partial charge in [-0.25, -0.2) is 0 Å². The zero-order valence-electron chi connectivity index (χ0n) is 12.2. The highest BCUT2D eigenvalue weighted by Gasteiger charge is 2.11. The molecule has 0 bridgehead atoms. The number of rotatable bonds is 5. The molecular weight excluding hydrogens is 296 g/mol. The lowest BCUT2D eigenvalue weighted by molar-refractivity contribution is 0.100. The molecule has 0 unspecified atom stereocenters. The first-order valence-corrected chi connectivity index (χ1v) is 7.93. The molecule has 112 valence electrons. The molecule has 1 amide bonds. The summed E-state index contributed by atoms with van der Waals surface area (Å²) >= 11 is 1.32. The van der Waals surface area contributed by atoms with Gasteiger partial charge in [0.1, 0.15) is 5.75 Å². The number of carbonyl (C=O) groups is 1. The SMILES string of the molecule is CCCc1ccc(Oc2cncc3sc(C(N)=O)cc23)cc1. The fourth-order valence-corrected chi connectivity index (χ4v) is 3.18. The van der Waals surface area contributed by atoms with Crippen molar-refractivity contribution in [3.63, 3.8) is 0 Å². The summed E-state index contributed by atoms with van der Waals surface area (Å²) in [6.45, 7) is 2.16. The van der Waals surface area contributed by atoms with Gasteiger partial charge in [0.25, 0.3) is 5.91 Å². The normalized spacial score (nSPS) is 10.8. The maximum atomic E-state index is 11.3. The van der Waals surface area contributed by atoms with Crippen molar-refractivity contribution in [1.29, 1.82) is 0 Å². The van der Waals surface area contributed by atoms with E-state index in [1.165, 1.54) is 16.9 Å². The summed E-state index contributed by atoms with van der Waals surface area (Å²) in [6, 6.07) is 9.78. The average Bonchev–Trinajstić information content (AvgIpc) is 2.95. The van der Waals surface area contributed by atoms with Crippen LogP contribution in [0.3, 0.4) is 0 Å². The third-order valence-corrected chi connectivity index (χ3v) is 4.43. The van der Waals surface area contributed by atoms with Gasteiger partial charge in [-0.05, 0) is 30.2 Å². The van der Waals surface area contributed by atoms with E-state index in [4.69, 9.17) is 10.5 Å². The molecule has 5 heteroatoms. The predicted octanol–water partition coefficient (Wildman–Crippen LogP) is 4.14. The maximum Gasteiger partial charge on any atom is 0.258 e. The summed E-state index contributed by atoms with van der Waals surface area (Å²) in [7, 11) is 0. The van der Waals surface area contributed by atoms with Gasteiger partial charge in [0.2, 0.25) is 0 Å². The van der Waals surface area contributed by atoms with Crippen molar-refractivity contribution in [2.24, 2.45) is 5.73 Å². The number of pyridine rings is 1. The molecule has 2 heterocycles. The first kappa shape index (κ1) is 14.5. The Morgan fingerprint density at radius 2 is 2.05 bits per heavy atom. The summed E-state index contributed by atoms with van der Waals surface area (Å²) in [5, 5.41) is 0.853. The lowest BCUT2D eigenvalue weighted by Gasteiger charge is -2.07. The molecule has 0 saturated heterocycles. The van der Waals surface area contributed by atoms with Gasteiger partial charge in [0.05, 0.1) is 15.8 Å². The van der Waals surface area contributed by atoms with Crippen LogP contribution in [-0.2, 0) is 6.42 Å². The second-order valence-electron chi connectivity index (χ2n) is 5.02. The third-order valence-electron chi connectivity index (χ3n) is 3.34. The molecule has 0 saturated carbocycles. The minimum absolute atomic E-state index is 0.434. The summed E-state index contributed by atoms with van der Waals surface area (Å²) in [5.74, 6) is 0.946. The van der Waals surface area contributed by atoms with E-state index < -0.39 is 5.91 Å². The minimum atomic E-state index is -0.434. The molecule has 22 heavy (non-hydrogen) atoms. The Kier molecular flexibility index (Phi) is 4.06. The Labute approximate surface area is 132 Å². The number of nitrogens with zero attached hydrogens (tertiary/aromatic N) is 1. The number of carbonyl (C=O) groups excluding carboxylic acids is 1. The van der Waals surface area contributed by atoms with Crippen LogP contribution in [0.15, 0.2) is 42.7 Å². The van der Waals surface area contributed by atoms with Crippen LogP contribution in [0.2, 0.25) is 0 Å². The molecule has 0 aliphatic carbocycles. The van der Waals surface area contributed by atoms with Crippen LogP contribution in [0.25, 0.3) is 10.1 Å². The van der Waals surface area contributed by atoms with Crippen LogP contribution >= 0.6 is 11.3 Å². The quantitative estimate of drug-likeness (QED) is 0.770. The lowest BCUT2D eigenvalue weighted by atomic mass is 10.1. The molecule has 1 aromatic carbocycles. The van der Waals surface area contributed by atoms with Crippen LogP contribution in [0.1, 0.15) is 28.6 Å². The number of thiophene rings is 1. The van der Waals surface area contributed by atoms with Crippen molar-refractivity contribution >= 4 is 27.3 Å². The predicted molar refractivity (Wildman–Crippen MR) is 88.6 cm³/mol. The van der Waals surface area contributed by atoms with Crippen LogP contribution in [-0.4, -0.2) is 10.9 Å². The topological polar surface area (TPSA) is 65.2 Å². The minimum Gasteiger partial charge on any atom is -0.455 e. The molecule has 3 aromatic rings. The van der Waals surface area contributed by atoms with E-state index in [0.717, 1.165) is 28.7 Å². The smallest absolute Gasteiger partial charge is 0.258 e. The van der Waals surface area contributed by atoms with E-state index in [1.807, 2.05) is 12.1 Å². The average molecular weight is 312 g/mol. The van der Waals surface area contributed by atoms with Gasteiger partial charge in [-0.15, -0.1) is 11.3 Å². The van der Waals surface area contributed by atoms with Crippen LogP contribution in [0.5, 0.6) is 11.5 Å². The lowest BCUT2D eigenvalue weighted by Crippen LogP contribution is -2.08. The van der Waals surface area contributed by atoms with Crippen molar-refractivity contribution in [2.45, 2.75) is 19.8 Å². The Hall–Kier alpha value is -2.40. The van der Waals surface area contributed by atoms with Crippen molar-refractivity contribution < 1.29 is 9.53 Å². The van der Waals surface area contributed by atoms with E-state index in [9.17, 15) is 4.79 Å². The summed E-state index contributed by atoms with van der Waals surface area (Å²) < 4.78 is 6.79. The maximum absolute atomic E-state index is 11.3. The van der Waals surface area contributed by atoms with Gasteiger partial charge in [-0.2, -0.15) is 0 Å². The zero-order valence-corrected chi connectivity index (χ0v) is 13.0. The Morgan fingerprint density at radius 3 is 2.73 bits per heavy atom. The van der Waals surface area contributed by atoms with E-state index in [1.54, 1.807) is 18.5 Å². The standard InChI is InChI=1S/C17H16N2O2S/c1-2-3-11-4-6-12(7-5-11)21-14-9-19-10-16-13(14)8-15(22-16)17(18)20/h4-10H,2-3H2,1H3,(H2,18,20). The van der Waals surface area contributed by atoms with Crippen LogP contribution in [0, 0.1) is 0 Å². The fraction of sp³-hybridized carbons (Fsp3) is 0.176. The largest absolute Gasteiger partial charge is 0.455 e. The number of nitrogens with two attached hydrogens (primary N) is 1. The Bertz CT molecular complexity index is 809. The Balaban J connectivity index is 1.91. The van der Waals surface area contributed by atoms with Gasteiger partial charge in [-0.3, -0.25) is 9.78 Å². The second kappa shape index (κ2) is 6.15. The monoisotopic (exact) mass is 312 g/mol. The van der Waals surface area contributed by atoms with E-state index in [2.05, 4.69) is 24.0 Å². The number of aryl methyl sites for hydroxylation is 1. The fourth-order valence-electron chi connectivity index (χ4n) is 2.28. The molecule has 0 atom stereocenters. The molecule has 0 radical (unpaired) electrons. The molecule has 0 aliphatic heterocycles. The van der Waals surface area contributed by atoms with Crippen molar-refractivity contribution in [3.05, 3.63) is 53.2 Å². The number of hydrogen-bond donors (Lipinski definition) is 1. The number of ether oxygens (including phenoxy) is 1. The molecule has 0 spiro atoms. The van der Waals surface area contributed by atoms with E-state index in [0.29, 0.717) is 10.6 Å². The third kappa shape index (κ3) is 2.94. The van der Waals surface area contributed by atoms with Crippen molar-refractivity contribution in [3.8, 4) is 11.5 Å². The van der Waals surface area contributed by atoms with E-state index >= 15 is 0 Å². The molecular formula is C17H16N2O2S. The number of amides is 1. The summed E-state index contributed by atoms with van der Waals surface area (Å²) in [4.78, 5) is 16.0. The highest BCUT2D eigenvalue weighted by atomic mass is 32.1. The molecule has 2 aromatic heterocycles. The Morgan fingerprint density at radius 1 is 1.27 bits per heavy atom. The van der Waals surface area contributed by atoms with Gasteiger partial charge < -0.3 is 10.5 Å². The highest BCUT2D eigenvalue weighted by molar-refractivity contribution is 7.20. The molecule has 0 aliphatic rings. The first-order valence-electron chi connectivity index (χ1n) is 7.11. The van der Waals surface area contributed by atoms with Crippen LogP contribution in [0.4, 0.5) is 0 Å². The van der Waals surface area contributed by atoms with Gasteiger partial charge in [0, 0.05) is 11.6 Å².